The number of hydrogen-bond acceptors (Lipinski definition) is 7. The first-order valence-electron chi connectivity index (χ1n) is 8.19. The highest BCUT2D eigenvalue weighted by Gasteiger charge is 2.17. The molecule has 0 bridgehead atoms. The third-order valence-corrected chi connectivity index (χ3v) is 4.79. The number of esters is 1. The molecule has 2 amide bonds. The number of thiophene rings is 1. The van der Waals surface area contributed by atoms with Gasteiger partial charge in [-0.05, 0) is 36.6 Å². The van der Waals surface area contributed by atoms with E-state index in [1.54, 1.807) is 12.1 Å². The van der Waals surface area contributed by atoms with E-state index in [1.165, 1.54) is 17.4 Å². The average Bonchev–Trinajstić information content (AvgIpc) is 3.35. The van der Waals surface area contributed by atoms with E-state index in [0.29, 0.717) is 17.1 Å². The van der Waals surface area contributed by atoms with E-state index in [2.05, 4.69) is 10.6 Å². The van der Waals surface area contributed by atoms with Gasteiger partial charge >= 0.3 is 5.97 Å². The highest BCUT2D eigenvalue weighted by molar-refractivity contribution is 7.10. The van der Waals surface area contributed by atoms with E-state index < -0.39 is 24.4 Å². The zero-order chi connectivity index (χ0) is 19.2. The summed E-state index contributed by atoms with van der Waals surface area (Å²) in [5.74, 6) is -0.536. The van der Waals surface area contributed by atoms with Crippen molar-refractivity contribution in [2.45, 2.75) is 13.0 Å². The summed E-state index contributed by atoms with van der Waals surface area (Å²) in [6, 6.07) is 8.35. The Labute approximate surface area is 159 Å². The second-order valence-corrected chi connectivity index (χ2v) is 6.70. The molecule has 1 atom stereocenters. The lowest BCUT2D eigenvalue weighted by Crippen LogP contribution is -2.34. The Bertz CT molecular complexity index is 836. The van der Waals surface area contributed by atoms with Gasteiger partial charge in [0.25, 0.3) is 11.8 Å². The molecule has 27 heavy (non-hydrogen) atoms. The maximum Gasteiger partial charge on any atom is 0.325 e. The molecular formula is C18H18N2O6S. The molecule has 0 aliphatic carbocycles. The lowest BCUT2D eigenvalue weighted by molar-refractivity contribution is -0.147. The topological polar surface area (TPSA) is 103 Å². The van der Waals surface area contributed by atoms with Crippen LogP contribution in [-0.4, -0.2) is 37.7 Å². The van der Waals surface area contributed by atoms with Crippen molar-refractivity contribution in [3.63, 3.8) is 0 Å². The summed E-state index contributed by atoms with van der Waals surface area (Å²) in [5.41, 5.74) is 0.328. The van der Waals surface area contributed by atoms with E-state index in [4.69, 9.17) is 14.2 Å². The van der Waals surface area contributed by atoms with Crippen molar-refractivity contribution in [2.24, 2.45) is 0 Å². The Balaban J connectivity index is 1.39. The minimum absolute atomic E-state index is 0.111. The van der Waals surface area contributed by atoms with Crippen LogP contribution in [0.3, 0.4) is 0 Å². The Hall–Kier alpha value is -3.07. The highest BCUT2D eigenvalue weighted by Crippen LogP contribution is 2.32. The van der Waals surface area contributed by atoms with E-state index in [9.17, 15) is 14.4 Å². The summed E-state index contributed by atoms with van der Waals surface area (Å²) in [4.78, 5) is 36.6. The number of rotatable bonds is 7. The van der Waals surface area contributed by atoms with Gasteiger partial charge in [-0.25, -0.2) is 0 Å². The molecule has 1 aliphatic heterocycles. The minimum Gasteiger partial charge on any atom is -0.454 e. The summed E-state index contributed by atoms with van der Waals surface area (Å²) in [7, 11) is 0. The fourth-order valence-corrected chi connectivity index (χ4v) is 3.12. The van der Waals surface area contributed by atoms with Gasteiger partial charge in [-0.3, -0.25) is 14.4 Å². The molecule has 9 heteroatoms. The molecule has 142 valence electrons. The molecule has 2 N–H and O–H groups in total. The number of fused-ring (bicyclic) bond motifs is 1. The maximum absolute atomic E-state index is 12.1. The van der Waals surface area contributed by atoms with Crippen molar-refractivity contribution in [1.29, 1.82) is 0 Å². The molecule has 3 rings (SSSR count). The third kappa shape index (κ3) is 4.98. The lowest BCUT2D eigenvalue weighted by Gasteiger charge is -2.12. The van der Waals surface area contributed by atoms with Crippen molar-refractivity contribution in [3.05, 3.63) is 46.2 Å². The summed E-state index contributed by atoms with van der Waals surface area (Å²) in [6.45, 7) is 1.20. The minimum atomic E-state index is -0.706. The lowest BCUT2D eigenvalue weighted by atomic mass is 10.2. The summed E-state index contributed by atoms with van der Waals surface area (Å²) in [5, 5.41) is 7.09. The van der Waals surface area contributed by atoms with Gasteiger partial charge in [-0.2, -0.15) is 0 Å². The quantitative estimate of drug-likeness (QED) is 0.697. The first kappa shape index (κ1) is 18.7. The molecule has 1 aliphatic rings. The average molecular weight is 390 g/mol. The number of ether oxygens (including phenoxy) is 3. The van der Waals surface area contributed by atoms with Crippen LogP contribution in [0.2, 0.25) is 0 Å². The van der Waals surface area contributed by atoms with Crippen molar-refractivity contribution in [1.82, 2.24) is 10.6 Å². The van der Waals surface area contributed by atoms with Gasteiger partial charge in [0, 0.05) is 10.4 Å². The normalized spacial score (nSPS) is 12.9. The smallest absolute Gasteiger partial charge is 0.325 e. The van der Waals surface area contributed by atoms with Crippen LogP contribution in [0.5, 0.6) is 11.5 Å². The molecular weight excluding hydrogens is 372 g/mol. The molecule has 8 nitrogen and oxygen atoms in total. The third-order valence-electron chi connectivity index (χ3n) is 3.74. The van der Waals surface area contributed by atoms with Crippen LogP contribution in [0.1, 0.15) is 28.2 Å². The summed E-state index contributed by atoms with van der Waals surface area (Å²) >= 11 is 1.53. The molecule has 0 unspecified atom stereocenters. The maximum atomic E-state index is 12.1. The number of carbonyl (C=O) groups is 3. The first-order chi connectivity index (χ1) is 13.0. The van der Waals surface area contributed by atoms with Crippen LogP contribution in [0, 0.1) is 0 Å². The van der Waals surface area contributed by atoms with Gasteiger partial charge in [0.1, 0.15) is 6.54 Å². The number of amides is 2. The van der Waals surface area contributed by atoms with E-state index >= 15 is 0 Å². The van der Waals surface area contributed by atoms with Crippen LogP contribution in [-0.2, 0) is 14.3 Å². The SMILES string of the molecule is C[C@@H](NC(=O)COC(=O)CNC(=O)c1ccc2c(c1)OCO2)c1cccs1. The molecule has 2 aromatic rings. The molecule has 0 fully saturated rings. The largest absolute Gasteiger partial charge is 0.454 e. The van der Waals surface area contributed by atoms with Crippen LogP contribution in [0.15, 0.2) is 35.7 Å². The Morgan fingerprint density at radius 2 is 2.04 bits per heavy atom. The predicted molar refractivity (Wildman–Crippen MR) is 96.7 cm³/mol. The number of nitrogens with one attached hydrogen (secondary N) is 2. The monoisotopic (exact) mass is 390 g/mol. The fourth-order valence-electron chi connectivity index (χ4n) is 2.38. The van der Waals surface area contributed by atoms with E-state index in [-0.39, 0.29) is 19.4 Å². The number of benzene rings is 1. The number of hydrogen-bond donors (Lipinski definition) is 2. The Kier molecular flexibility index (Phi) is 5.92. The van der Waals surface area contributed by atoms with Gasteiger partial charge in [0.2, 0.25) is 6.79 Å². The van der Waals surface area contributed by atoms with Crippen LogP contribution >= 0.6 is 11.3 Å². The number of carbonyl (C=O) groups excluding carboxylic acids is 3. The van der Waals surface area contributed by atoms with Gasteiger partial charge in [-0.1, -0.05) is 6.07 Å². The molecule has 2 heterocycles. The van der Waals surface area contributed by atoms with E-state index in [1.807, 2.05) is 24.4 Å². The molecule has 0 radical (unpaired) electrons. The molecule has 0 spiro atoms. The van der Waals surface area contributed by atoms with Crippen LogP contribution in [0.25, 0.3) is 0 Å². The van der Waals surface area contributed by atoms with Crippen molar-refractivity contribution >= 4 is 29.1 Å². The van der Waals surface area contributed by atoms with Crippen molar-refractivity contribution in [2.75, 3.05) is 19.9 Å². The molecule has 0 saturated carbocycles. The van der Waals surface area contributed by atoms with Crippen molar-refractivity contribution < 1.29 is 28.6 Å². The Morgan fingerprint density at radius 1 is 1.22 bits per heavy atom. The fraction of sp³-hybridized carbons (Fsp3) is 0.278. The van der Waals surface area contributed by atoms with Gasteiger partial charge in [0.15, 0.2) is 18.1 Å². The molecule has 0 saturated heterocycles. The van der Waals surface area contributed by atoms with Gasteiger partial charge in [-0.15, -0.1) is 11.3 Å². The highest BCUT2D eigenvalue weighted by atomic mass is 32.1. The second kappa shape index (κ2) is 8.54. The molecule has 1 aromatic heterocycles. The van der Waals surface area contributed by atoms with Gasteiger partial charge < -0.3 is 24.8 Å². The van der Waals surface area contributed by atoms with E-state index in [0.717, 1.165) is 4.88 Å². The standard InChI is InChI=1S/C18H18N2O6S/c1-11(15-3-2-6-27-15)20-16(21)9-24-17(22)8-19-18(23)12-4-5-13-14(7-12)26-10-25-13/h2-7,11H,8-10H2,1H3,(H,19,23)(H,20,21)/t11-/m1/s1. The Morgan fingerprint density at radius 3 is 2.81 bits per heavy atom. The zero-order valence-electron chi connectivity index (χ0n) is 14.5. The van der Waals surface area contributed by atoms with Gasteiger partial charge in [0.05, 0.1) is 6.04 Å². The van der Waals surface area contributed by atoms with Crippen LogP contribution in [0.4, 0.5) is 0 Å². The summed E-state index contributed by atoms with van der Waals surface area (Å²) < 4.78 is 15.2. The van der Waals surface area contributed by atoms with Crippen molar-refractivity contribution in [3.8, 4) is 11.5 Å². The molecule has 1 aromatic carbocycles. The summed E-state index contributed by atoms with van der Waals surface area (Å²) in [6.07, 6.45) is 0. The second-order valence-electron chi connectivity index (χ2n) is 5.72. The first-order valence-corrected chi connectivity index (χ1v) is 9.07. The predicted octanol–water partition coefficient (Wildman–Crippen LogP) is 1.63. The zero-order valence-corrected chi connectivity index (χ0v) is 15.3. The van der Waals surface area contributed by atoms with Crippen LogP contribution < -0.4 is 20.1 Å².